The van der Waals surface area contributed by atoms with E-state index in [9.17, 15) is 0 Å². The van der Waals surface area contributed by atoms with Crippen molar-refractivity contribution < 1.29 is 0 Å². The topological polar surface area (TPSA) is 12.9 Å². The number of aromatic nitrogens is 1. The highest BCUT2D eigenvalue weighted by Gasteiger charge is 2.18. The molecule has 0 saturated heterocycles. The van der Waals surface area contributed by atoms with Gasteiger partial charge in [-0.2, -0.15) is 0 Å². The first-order valence-corrected chi connectivity index (χ1v) is 33.7. The summed E-state index contributed by atoms with van der Waals surface area (Å²) in [5.41, 5.74) is 0. The van der Waals surface area contributed by atoms with Crippen LogP contribution < -0.4 is 63.7 Å². The Kier molecular flexibility index (Phi) is 24.3. The highest BCUT2D eigenvalue weighted by molar-refractivity contribution is 9.10. The molecule has 0 N–H and O–H groups in total. The summed E-state index contributed by atoms with van der Waals surface area (Å²) in [7, 11) is -1.78. The van der Waals surface area contributed by atoms with Gasteiger partial charge in [-0.3, -0.25) is 4.98 Å². The molecule has 0 amide bonds. The normalized spacial score (nSPS) is 10.4. The smallest absolute Gasteiger partial charge is 0.0410 e. The zero-order valence-electron chi connectivity index (χ0n) is 46.1. The van der Waals surface area contributed by atoms with Crippen LogP contribution in [0.5, 0.6) is 0 Å². The number of benzene rings is 12. The number of rotatable bonds is 12. The highest BCUT2D eigenvalue weighted by atomic mass is 79.9. The summed E-state index contributed by atoms with van der Waals surface area (Å²) < 4.78 is 1.02. The van der Waals surface area contributed by atoms with Gasteiger partial charge in [0.25, 0.3) is 0 Å². The molecular weight excluding hydrogens is 1140 g/mol. The zero-order valence-corrected chi connectivity index (χ0v) is 51.2. The Bertz CT molecular complexity index is 2910. The van der Waals surface area contributed by atoms with Gasteiger partial charge in [-0.05, 0) is 123 Å². The van der Waals surface area contributed by atoms with Crippen LogP contribution in [-0.4, -0.2) is 4.98 Å². The van der Waals surface area contributed by atoms with Gasteiger partial charge in [0.15, 0.2) is 0 Å². The fourth-order valence-electron chi connectivity index (χ4n) is 9.06. The molecule has 0 saturated carbocycles. The second kappa shape index (κ2) is 33.8. The van der Waals surface area contributed by atoms with Crippen LogP contribution in [0.25, 0.3) is 0 Å². The number of halogens is 1. The van der Waals surface area contributed by atoms with Crippen molar-refractivity contribution >= 4 is 111 Å². The largest absolute Gasteiger partial charge is 0.264 e. The Morgan fingerprint density at radius 1 is 0.169 bits per heavy atom. The number of hydrogen-bond acceptors (Lipinski definition) is 1. The van der Waals surface area contributed by atoms with Gasteiger partial charge in [-0.25, -0.2) is 0 Å². The zero-order chi connectivity index (χ0) is 56.8. The molecule has 0 aliphatic carbocycles. The van der Waals surface area contributed by atoms with E-state index in [1.807, 2.05) is 12.1 Å². The van der Waals surface area contributed by atoms with Crippen molar-refractivity contribution in [2.24, 2.45) is 0 Å². The Morgan fingerprint density at radius 3 is 0.386 bits per heavy atom. The summed E-state index contributed by atoms with van der Waals surface area (Å²) >= 11 is 3.25. The lowest BCUT2D eigenvalue weighted by molar-refractivity contribution is 1.31. The molecule has 0 spiro atoms. The summed E-state index contributed by atoms with van der Waals surface area (Å²) in [6.45, 7) is 0. The average Bonchev–Trinajstić information content (AvgIpc) is 3.68. The van der Waals surface area contributed by atoms with Crippen LogP contribution in [0, 0.1) is 0 Å². The van der Waals surface area contributed by atoms with Gasteiger partial charge in [0.1, 0.15) is 0 Å². The van der Waals surface area contributed by atoms with Crippen molar-refractivity contribution in [2.75, 3.05) is 0 Å². The molecule has 0 unspecified atom stereocenters. The predicted molar refractivity (Wildman–Crippen MR) is 373 cm³/mol. The van der Waals surface area contributed by atoms with Crippen molar-refractivity contribution in [3.8, 4) is 0 Å². The van der Waals surface area contributed by atoms with Gasteiger partial charge in [0, 0.05) is 16.9 Å². The van der Waals surface area contributed by atoms with E-state index in [0.717, 1.165) is 4.47 Å². The summed E-state index contributed by atoms with van der Waals surface area (Å²) in [4.78, 5) is 3.84. The minimum absolute atomic E-state index is 0.446. The van der Waals surface area contributed by atoms with E-state index in [2.05, 4.69) is 385 Å². The minimum atomic E-state index is -0.446. The van der Waals surface area contributed by atoms with Crippen LogP contribution in [0.15, 0.2) is 393 Å². The van der Waals surface area contributed by atoms with Gasteiger partial charge in [-0.15, -0.1) is 0 Å². The maximum atomic E-state index is 3.84. The number of pyridine rings is 1. The number of nitrogens with zero attached hydrogens (tertiary/aromatic N) is 1. The molecule has 13 rings (SSSR count). The van der Waals surface area contributed by atoms with Crippen molar-refractivity contribution in [3.63, 3.8) is 0 Å². The van der Waals surface area contributed by atoms with E-state index in [4.69, 9.17) is 0 Å². The van der Waals surface area contributed by atoms with Crippen LogP contribution in [0.1, 0.15) is 0 Å². The fraction of sp³-hybridized carbons (Fsp3) is 0. The maximum absolute atomic E-state index is 3.84. The van der Waals surface area contributed by atoms with Crippen molar-refractivity contribution in [1.29, 1.82) is 0 Å². The average molecular weight is 1210 g/mol. The predicted octanol–water partition coefficient (Wildman–Crippen LogP) is 15.6. The van der Waals surface area contributed by atoms with Gasteiger partial charge < -0.3 is 0 Å². The lowest BCUT2D eigenvalue weighted by atomic mass is 10.4. The Balaban J connectivity index is 0.000000128. The van der Waals surface area contributed by atoms with Crippen LogP contribution in [0.3, 0.4) is 0 Å². The third-order valence-electron chi connectivity index (χ3n) is 12.8. The second-order valence-corrected chi connectivity index (χ2v) is 28.3. The van der Waals surface area contributed by atoms with Gasteiger partial charge in [-0.1, -0.05) is 364 Å². The molecule has 1 aromatic heterocycles. The highest BCUT2D eigenvalue weighted by Crippen LogP contribution is 2.35. The molecule has 0 radical (unpaired) electrons. The fourth-order valence-corrected chi connectivity index (χ4v) is 18.5. The standard InChI is InChI=1S/4C18H15P.C5H4BrN/c4*1-4-10-16(11-5-1)19(17-12-6-2-7-13-17)18-14-8-3-9-15-18;6-5-2-1-3-7-4-5/h4*1-15H;1-4H. The Morgan fingerprint density at radius 2 is 0.301 bits per heavy atom. The van der Waals surface area contributed by atoms with E-state index in [0.29, 0.717) is 0 Å². The molecule has 0 bridgehead atoms. The van der Waals surface area contributed by atoms with Crippen LogP contribution >= 0.6 is 47.6 Å². The molecule has 0 aliphatic rings. The third-order valence-corrected chi connectivity index (χ3v) is 23.0. The van der Waals surface area contributed by atoms with E-state index >= 15 is 0 Å². The quantitative estimate of drug-likeness (QED) is 0.111. The van der Waals surface area contributed by atoms with Crippen LogP contribution in [0.2, 0.25) is 0 Å². The summed E-state index contributed by atoms with van der Waals surface area (Å²) in [6, 6.07) is 133. The third kappa shape index (κ3) is 18.5. The van der Waals surface area contributed by atoms with Gasteiger partial charge in [0.2, 0.25) is 0 Å². The molecule has 1 heterocycles. The molecule has 83 heavy (non-hydrogen) atoms. The lowest BCUT2D eigenvalue weighted by Crippen LogP contribution is -2.20. The summed E-state index contributed by atoms with van der Waals surface area (Å²) in [6.07, 6.45) is 3.49. The summed E-state index contributed by atoms with van der Waals surface area (Å²) in [5, 5.41) is 16.8. The van der Waals surface area contributed by atoms with Gasteiger partial charge >= 0.3 is 0 Å². The molecule has 404 valence electrons. The number of hydrogen-bond donors (Lipinski definition) is 0. The first-order valence-electron chi connectivity index (χ1n) is 27.6. The van der Waals surface area contributed by atoms with E-state index in [1.165, 1.54) is 63.7 Å². The first kappa shape index (κ1) is 59.6. The molecule has 0 fully saturated rings. The van der Waals surface area contributed by atoms with Crippen LogP contribution in [0.4, 0.5) is 0 Å². The molecule has 13 aromatic rings. The van der Waals surface area contributed by atoms with E-state index < -0.39 is 31.7 Å². The first-order chi connectivity index (χ1) is 41.2. The molecular formula is C77H64BrNP4. The van der Waals surface area contributed by atoms with E-state index in [-0.39, 0.29) is 0 Å². The molecule has 0 aliphatic heterocycles. The van der Waals surface area contributed by atoms with Gasteiger partial charge in [0.05, 0.1) is 0 Å². The maximum Gasteiger partial charge on any atom is 0.0410 e. The Labute approximate surface area is 505 Å². The van der Waals surface area contributed by atoms with Crippen molar-refractivity contribution in [3.05, 3.63) is 393 Å². The Hall–Kier alpha value is -8.01. The molecule has 6 heteroatoms. The van der Waals surface area contributed by atoms with Crippen LogP contribution in [-0.2, 0) is 0 Å². The summed E-state index contributed by atoms with van der Waals surface area (Å²) in [5.74, 6) is 0. The molecule has 12 aromatic carbocycles. The SMILES string of the molecule is Brc1cccnc1.c1ccc(P(c2ccccc2)c2ccccc2)cc1.c1ccc(P(c2ccccc2)c2ccccc2)cc1.c1ccc(P(c2ccccc2)c2ccccc2)cc1.c1ccc(P(c2ccccc2)c2ccccc2)cc1. The molecule has 1 nitrogen and oxygen atoms in total. The minimum Gasteiger partial charge on any atom is -0.264 e. The molecule has 0 atom stereocenters. The second-order valence-electron chi connectivity index (χ2n) is 18.5. The monoisotopic (exact) mass is 1210 g/mol. The van der Waals surface area contributed by atoms with E-state index in [1.54, 1.807) is 12.4 Å². The lowest BCUT2D eigenvalue weighted by Gasteiger charge is -2.18. The van der Waals surface area contributed by atoms with Crippen molar-refractivity contribution in [1.82, 2.24) is 4.98 Å². The van der Waals surface area contributed by atoms with Crippen molar-refractivity contribution in [2.45, 2.75) is 0 Å².